The Balaban J connectivity index is 2.58. The molecule has 0 aromatic rings. The Bertz CT molecular complexity index is 149. The first-order valence-corrected chi connectivity index (χ1v) is 3.01. The highest BCUT2D eigenvalue weighted by Gasteiger charge is 2.34. The van der Waals surface area contributed by atoms with Crippen LogP contribution in [0.25, 0.3) is 0 Å². The van der Waals surface area contributed by atoms with Gasteiger partial charge in [-0.15, -0.1) is 6.42 Å². The van der Waals surface area contributed by atoms with Crippen LogP contribution in [0, 0.1) is 12.3 Å². The molecule has 1 aliphatic heterocycles. The molecular weight excluding hydrogens is 117 g/mol. The van der Waals surface area contributed by atoms with Crippen molar-refractivity contribution in [2.75, 3.05) is 20.1 Å². The molecule has 1 atom stereocenters. The lowest BCUT2D eigenvalue weighted by Crippen LogP contribution is -2.24. The molecule has 0 saturated carbocycles. The first-order valence-electron chi connectivity index (χ1n) is 3.01. The number of nitrogens with zero attached hydrogens (tertiary/aromatic N) is 1. The number of hydrogen-bond acceptors (Lipinski definition) is 1. The molecule has 1 saturated heterocycles. The Labute approximate surface area is 54.8 Å². The summed E-state index contributed by atoms with van der Waals surface area (Å²) >= 11 is 0. The summed E-state index contributed by atoms with van der Waals surface area (Å²) in [6.07, 6.45) is 5.46. The Hall–Kier alpha value is -0.550. The molecule has 9 heavy (non-hydrogen) atoms. The lowest BCUT2D eigenvalue weighted by atomic mass is 10.1. The van der Waals surface area contributed by atoms with Crippen LogP contribution in [0.2, 0.25) is 0 Å². The molecule has 0 bridgehead atoms. The predicted molar refractivity (Wildman–Crippen MR) is 34.8 cm³/mol. The minimum atomic E-state index is -1.34. The van der Waals surface area contributed by atoms with Crippen LogP contribution in [0.5, 0.6) is 0 Å². The maximum Gasteiger partial charge on any atom is 0.184 e. The average Bonchev–Trinajstić information content (AvgIpc) is 2.13. The molecule has 0 spiro atoms. The molecule has 0 radical (unpaired) electrons. The predicted octanol–water partition coefficient (Wildman–Crippen LogP) is 0.663. The maximum absolute atomic E-state index is 13.0. The van der Waals surface area contributed by atoms with Crippen LogP contribution in [-0.2, 0) is 0 Å². The van der Waals surface area contributed by atoms with Crippen molar-refractivity contribution in [3.8, 4) is 12.3 Å². The van der Waals surface area contributed by atoms with Gasteiger partial charge in [-0.05, 0) is 7.05 Å². The molecule has 50 valence electrons. The van der Waals surface area contributed by atoms with Gasteiger partial charge >= 0.3 is 0 Å². The third-order valence-corrected chi connectivity index (χ3v) is 1.67. The molecule has 1 heterocycles. The van der Waals surface area contributed by atoms with E-state index in [0.717, 1.165) is 6.54 Å². The van der Waals surface area contributed by atoms with E-state index in [2.05, 4.69) is 5.92 Å². The van der Waals surface area contributed by atoms with Gasteiger partial charge in [0.15, 0.2) is 5.67 Å². The number of terminal acetylenes is 1. The zero-order chi connectivity index (χ0) is 6.91. The minimum absolute atomic E-state index is 0.392. The molecule has 0 unspecified atom stereocenters. The number of likely N-dealkylation sites (tertiary alicyclic amines) is 1. The standard InChI is InChI=1S/C7H10FN/c1-3-7(8)4-5-9(2)6-7/h1H,4-6H2,2H3/t7-/m0/s1. The van der Waals surface area contributed by atoms with Gasteiger partial charge in [-0.2, -0.15) is 0 Å². The van der Waals surface area contributed by atoms with Crippen molar-refractivity contribution < 1.29 is 4.39 Å². The van der Waals surface area contributed by atoms with E-state index in [0.29, 0.717) is 13.0 Å². The fraction of sp³-hybridized carbons (Fsp3) is 0.714. The molecule has 0 aliphatic carbocycles. The summed E-state index contributed by atoms with van der Waals surface area (Å²) in [4.78, 5) is 1.90. The second-order valence-corrected chi connectivity index (χ2v) is 2.60. The van der Waals surface area contributed by atoms with Gasteiger partial charge in [-0.1, -0.05) is 5.92 Å². The number of alkyl halides is 1. The van der Waals surface area contributed by atoms with Gasteiger partial charge in [-0.3, -0.25) is 0 Å². The van der Waals surface area contributed by atoms with Gasteiger partial charge in [0.1, 0.15) is 0 Å². The van der Waals surface area contributed by atoms with Gasteiger partial charge in [0, 0.05) is 19.5 Å². The van der Waals surface area contributed by atoms with Gasteiger partial charge in [0.25, 0.3) is 0 Å². The van der Waals surface area contributed by atoms with Gasteiger partial charge in [-0.25, -0.2) is 4.39 Å². The van der Waals surface area contributed by atoms with Gasteiger partial charge < -0.3 is 4.90 Å². The SMILES string of the molecule is C#C[C@]1(F)CCN(C)C1. The fourth-order valence-corrected chi connectivity index (χ4v) is 1.07. The second kappa shape index (κ2) is 2.00. The first-order chi connectivity index (χ1) is 4.16. The van der Waals surface area contributed by atoms with Crippen LogP contribution >= 0.6 is 0 Å². The molecule has 1 fully saturated rings. The topological polar surface area (TPSA) is 3.24 Å². The van der Waals surface area contributed by atoms with Crippen LogP contribution in [-0.4, -0.2) is 30.7 Å². The molecular formula is C7H10FN. The van der Waals surface area contributed by atoms with E-state index in [4.69, 9.17) is 6.42 Å². The normalized spacial score (nSPS) is 36.6. The van der Waals surface area contributed by atoms with E-state index < -0.39 is 5.67 Å². The van der Waals surface area contributed by atoms with Crippen LogP contribution in [0.1, 0.15) is 6.42 Å². The molecule has 1 nitrogen and oxygen atoms in total. The van der Waals surface area contributed by atoms with Crippen molar-refractivity contribution in [1.82, 2.24) is 4.90 Å². The molecule has 0 amide bonds. The summed E-state index contributed by atoms with van der Waals surface area (Å²) in [6, 6.07) is 0. The first kappa shape index (κ1) is 6.57. The summed E-state index contributed by atoms with van der Waals surface area (Å²) < 4.78 is 13.0. The average molecular weight is 127 g/mol. The highest BCUT2D eigenvalue weighted by atomic mass is 19.1. The van der Waals surface area contributed by atoms with Crippen molar-refractivity contribution in [2.24, 2.45) is 0 Å². The van der Waals surface area contributed by atoms with Crippen molar-refractivity contribution in [3.05, 3.63) is 0 Å². The molecule has 0 aromatic heterocycles. The lowest BCUT2D eigenvalue weighted by Gasteiger charge is -2.10. The Morgan fingerprint density at radius 2 is 2.44 bits per heavy atom. The van der Waals surface area contributed by atoms with E-state index >= 15 is 0 Å². The highest BCUT2D eigenvalue weighted by molar-refractivity contribution is 5.12. The lowest BCUT2D eigenvalue weighted by molar-refractivity contribution is 0.246. The molecule has 0 N–H and O–H groups in total. The van der Waals surface area contributed by atoms with Crippen molar-refractivity contribution in [3.63, 3.8) is 0 Å². The van der Waals surface area contributed by atoms with E-state index in [9.17, 15) is 4.39 Å². The second-order valence-electron chi connectivity index (χ2n) is 2.60. The van der Waals surface area contributed by atoms with Gasteiger partial charge in [0.05, 0.1) is 0 Å². The van der Waals surface area contributed by atoms with Crippen molar-refractivity contribution in [1.29, 1.82) is 0 Å². The summed E-state index contributed by atoms with van der Waals surface area (Å²) in [5.74, 6) is 2.16. The quantitative estimate of drug-likeness (QED) is 0.432. The number of rotatable bonds is 0. The smallest absolute Gasteiger partial charge is 0.184 e. The van der Waals surface area contributed by atoms with Gasteiger partial charge in [0.2, 0.25) is 0 Å². The molecule has 2 heteroatoms. The summed E-state index contributed by atoms with van der Waals surface area (Å²) in [5, 5.41) is 0. The van der Waals surface area contributed by atoms with E-state index in [1.54, 1.807) is 0 Å². The van der Waals surface area contributed by atoms with Crippen LogP contribution < -0.4 is 0 Å². The van der Waals surface area contributed by atoms with Crippen LogP contribution in [0.3, 0.4) is 0 Å². The van der Waals surface area contributed by atoms with E-state index in [-0.39, 0.29) is 0 Å². The third kappa shape index (κ3) is 1.22. The van der Waals surface area contributed by atoms with Crippen LogP contribution in [0.15, 0.2) is 0 Å². The van der Waals surface area contributed by atoms with Crippen molar-refractivity contribution >= 4 is 0 Å². The minimum Gasteiger partial charge on any atom is -0.302 e. The Kier molecular flexibility index (Phi) is 1.46. The van der Waals surface area contributed by atoms with E-state index in [1.807, 2.05) is 11.9 Å². The maximum atomic E-state index is 13.0. The monoisotopic (exact) mass is 127 g/mol. The Morgan fingerprint density at radius 3 is 2.67 bits per heavy atom. The van der Waals surface area contributed by atoms with Crippen LogP contribution in [0.4, 0.5) is 4.39 Å². The largest absolute Gasteiger partial charge is 0.302 e. The highest BCUT2D eigenvalue weighted by Crippen LogP contribution is 2.22. The molecule has 1 aliphatic rings. The van der Waals surface area contributed by atoms with E-state index in [1.165, 1.54) is 0 Å². The molecule has 1 rings (SSSR count). The zero-order valence-corrected chi connectivity index (χ0v) is 5.52. The number of halogens is 1. The zero-order valence-electron chi connectivity index (χ0n) is 5.52. The third-order valence-electron chi connectivity index (χ3n) is 1.67. The number of hydrogen-bond donors (Lipinski definition) is 0. The Morgan fingerprint density at radius 1 is 1.78 bits per heavy atom. The summed E-state index contributed by atoms with van der Waals surface area (Å²) in [5.41, 5.74) is -1.34. The fourth-order valence-electron chi connectivity index (χ4n) is 1.07. The summed E-state index contributed by atoms with van der Waals surface area (Å²) in [6.45, 7) is 1.17. The summed E-state index contributed by atoms with van der Waals surface area (Å²) in [7, 11) is 1.87. The molecule has 0 aromatic carbocycles. The van der Waals surface area contributed by atoms with Crippen molar-refractivity contribution in [2.45, 2.75) is 12.1 Å².